The average Bonchev–Trinajstić information content (AvgIpc) is 3.07. The van der Waals surface area contributed by atoms with Crippen molar-refractivity contribution in [2.75, 3.05) is 19.6 Å². The molecule has 1 aliphatic rings. The van der Waals surface area contributed by atoms with Gasteiger partial charge in [0.25, 0.3) is 0 Å². The van der Waals surface area contributed by atoms with Crippen LogP contribution in [0.5, 0.6) is 0 Å². The second-order valence-corrected chi connectivity index (χ2v) is 12.8. The first kappa shape index (κ1) is 38.4. The third kappa shape index (κ3) is 12.5. The smallest absolute Gasteiger partial charge is 0.423 e. The fraction of sp³-hybridized carbons (Fsp3) is 0.486. The summed E-state index contributed by atoms with van der Waals surface area (Å²) in [7, 11) is -1.57. The SMILES string of the molecule is CC(C)C[C@@H](NC(=O)[C@@H](Cc1ccccc1)NC(=O)[C@H](N)Cc1ccccc1)C(=O)N[C@H](CCCCN)C(=O)N1CC=C(B(O)O)CC1. The molecule has 48 heavy (non-hydrogen) atoms. The number of benzene rings is 2. The molecule has 1 aliphatic heterocycles. The van der Waals surface area contributed by atoms with Crippen LogP contribution >= 0.6 is 0 Å². The second-order valence-electron chi connectivity index (χ2n) is 12.8. The summed E-state index contributed by atoms with van der Waals surface area (Å²) < 4.78 is 0. The van der Waals surface area contributed by atoms with E-state index in [1.54, 1.807) is 11.0 Å². The predicted octanol–water partition coefficient (Wildman–Crippen LogP) is 0.599. The normalized spacial score (nSPS) is 15.5. The van der Waals surface area contributed by atoms with Gasteiger partial charge in [0.15, 0.2) is 0 Å². The van der Waals surface area contributed by atoms with Crippen LogP contribution in [0.3, 0.4) is 0 Å². The lowest BCUT2D eigenvalue weighted by molar-refractivity contribution is -0.138. The predicted molar refractivity (Wildman–Crippen MR) is 186 cm³/mol. The third-order valence-corrected chi connectivity index (χ3v) is 8.34. The Kier molecular flexibility index (Phi) is 15.8. The molecule has 12 nitrogen and oxygen atoms in total. The minimum atomic E-state index is -1.57. The Labute approximate surface area is 283 Å². The Morgan fingerprint density at radius 1 is 0.812 bits per heavy atom. The Hall–Kier alpha value is -4.04. The van der Waals surface area contributed by atoms with Crippen LogP contribution < -0.4 is 27.4 Å². The quantitative estimate of drug-likeness (QED) is 0.0889. The molecule has 0 radical (unpaired) electrons. The molecule has 0 fully saturated rings. The van der Waals surface area contributed by atoms with Crippen molar-refractivity contribution in [2.45, 2.75) is 83.0 Å². The topological polar surface area (TPSA) is 200 Å². The van der Waals surface area contributed by atoms with Crippen LogP contribution in [0.2, 0.25) is 0 Å². The zero-order valence-corrected chi connectivity index (χ0v) is 28.0. The summed E-state index contributed by atoms with van der Waals surface area (Å²) in [6, 6.07) is 14.9. The van der Waals surface area contributed by atoms with E-state index in [4.69, 9.17) is 11.5 Å². The van der Waals surface area contributed by atoms with Gasteiger partial charge in [0, 0.05) is 19.5 Å². The number of nitrogens with two attached hydrogens (primary N) is 2. The molecule has 0 spiro atoms. The van der Waals surface area contributed by atoms with Crippen LogP contribution in [0.4, 0.5) is 0 Å². The molecular formula is C35H51BN6O6. The van der Waals surface area contributed by atoms with Crippen molar-refractivity contribution in [1.82, 2.24) is 20.9 Å². The van der Waals surface area contributed by atoms with E-state index in [0.717, 1.165) is 11.1 Å². The molecular weight excluding hydrogens is 611 g/mol. The molecule has 1 heterocycles. The standard InChI is InChI=1S/C35H51BN6O6/c1-24(2)21-30(33(44)39-29(15-9-10-18-37)35(46)42-19-16-27(17-20-42)36(47)48)41-34(45)31(23-26-13-7-4-8-14-26)40-32(43)28(38)22-25-11-5-3-6-12-25/h3-8,11-14,16,24,28-31,47-48H,9-10,15,17-23,37-38H2,1-2H3,(H,39,44)(H,40,43)(H,41,45)/t28-,29-,30-,31-/m1/s1. The lowest BCUT2D eigenvalue weighted by atomic mass is 9.76. The highest BCUT2D eigenvalue weighted by atomic mass is 16.4. The molecule has 2 aromatic carbocycles. The van der Waals surface area contributed by atoms with Crippen molar-refractivity contribution in [3.63, 3.8) is 0 Å². The van der Waals surface area contributed by atoms with Crippen LogP contribution in [0.1, 0.15) is 57.1 Å². The monoisotopic (exact) mass is 662 g/mol. The first-order valence-electron chi connectivity index (χ1n) is 16.8. The van der Waals surface area contributed by atoms with Gasteiger partial charge in [-0.15, -0.1) is 0 Å². The third-order valence-electron chi connectivity index (χ3n) is 8.34. The van der Waals surface area contributed by atoms with Crippen molar-refractivity contribution in [1.29, 1.82) is 0 Å². The van der Waals surface area contributed by atoms with Gasteiger partial charge in [-0.05, 0) is 67.6 Å². The summed E-state index contributed by atoms with van der Waals surface area (Å²) in [4.78, 5) is 56.0. The molecule has 0 saturated carbocycles. The molecule has 0 aliphatic carbocycles. The number of unbranched alkanes of at least 4 members (excludes halogenated alkanes) is 1. The summed E-state index contributed by atoms with van der Waals surface area (Å²) in [6.07, 6.45) is 4.31. The maximum absolute atomic E-state index is 13.8. The molecule has 9 N–H and O–H groups in total. The van der Waals surface area contributed by atoms with Gasteiger partial charge in [0.1, 0.15) is 18.1 Å². The zero-order chi connectivity index (χ0) is 35.1. The molecule has 0 unspecified atom stereocenters. The van der Waals surface area contributed by atoms with Gasteiger partial charge in [-0.1, -0.05) is 80.6 Å². The molecule has 4 amide bonds. The number of hydrogen-bond donors (Lipinski definition) is 7. The molecule has 4 atom stereocenters. The molecule has 0 bridgehead atoms. The highest BCUT2D eigenvalue weighted by Crippen LogP contribution is 2.16. The number of amides is 4. The van der Waals surface area contributed by atoms with Gasteiger partial charge in [-0.2, -0.15) is 0 Å². The number of hydrogen-bond acceptors (Lipinski definition) is 8. The van der Waals surface area contributed by atoms with E-state index < -0.39 is 49.0 Å². The Bertz CT molecular complexity index is 1360. The van der Waals surface area contributed by atoms with Gasteiger partial charge in [0.2, 0.25) is 23.6 Å². The van der Waals surface area contributed by atoms with E-state index in [1.165, 1.54) is 0 Å². The number of nitrogens with zero attached hydrogens (tertiary/aromatic N) is 1. The maximum Gasteiger partial charge on any atom is 0.483 e. The number of carbonyl (C=O) groups is 4. The van der Waals surface area contributed by atoms with Gasteiger partial charge in [-0.25, -0.2) is 0 Å². The van der Waals surface area contributed by atoms with E-state index in [0.29, 0.717) is 50.5 Å². The van der Waals surface area contributed by atoms with E-state index in [2.05, 4.69) is 16.0 Å². The first-order chi connectivity index (χ1) is 23.0. The summed E-state index contributed by atoms with van der Waals surface area (Å²) in [5.74, 6) is -1.81. The fourth-order valence-corrected chi connectivity index (χ4v) is 5.64. The van der Waals surface area contributed by atoms with Crippen molar-refractivity contribution in [3.05, 3.63) is 83.3 Å². The largest absolute Gasteiger partial charge is 0.483 e. The first-order valence-corrected chi connectivity index (χ1v) is 16.8. The lowest BCUT2D eigenvalue weighted by Gasteiger charge is -2.31. The zero-order valence-electron chi connectivity index (χ0n) is 28.0. The van der Waals surface area contributed by atoms with Gasteiger partial charge >= 0.3 is 7.12 Å². The van der Waals surface area contributed by atoms with Crippen LogP contribution in [-0.4, -0.2) is 89.5 Å². The average molecular weight is 663 g/mol. The van der Waals surface area contributed by atoms with E-state index >= 15 is 0 Å². The van der Waals surface area contributed by atoms with Gasteiger partial charge < -0.3 is 42.4 Å². The van der Waals surface area contributed by atoms with Crippen molar-refractivity contribution < 1.29 is 29.2 Å². The maximum atomic E-state index is 13.8. The molecule has 260 valence electrons. The minimum Gasteiger partial charge on any atom is -0.423 e. The summed E-state index contributed by atoms with van der Waals surface area (Å²) in [5.41, 5.74) is 14.1. The summed E-state index contributed by atoms with van der Waals surface area (Å²) in [5, 5.41) is 27.5. The van der Waals surface area contributed by atoms with Crippen molar-refractivity contribution in [3.8, 4) is 0 Å². The van der Waals surface area contributed by atoms with Crippen molar-refractivity contribution in [2.24, 2.45) is 17.4 Å². The molecule has 0 aromatic heterocycles. The number of rotatable bonds is 18. The Morgan fingerprint density at radius 3 is 1.92 bits per heavy atom. The summed E-state index contributed by atoms with van der Waals surface area (Å²) in [6.45, 7) is 4.76. The number of carbonyl (C=O) groups excluding carboxylic acids is 4. The minimum absolute atomic E-state index is 0.0180. The summed E-state index contributed by atoms with van der Waals surface area (Å²) >= 11 is 0. The van der Waals surface area contributed by atoms with E-state index in [1.807, 2.05) is 74.5 Å². The number of nitrogens with one attached hydrogen (secondary N) is 3. The van der Waals surface area contributed by atoms with E-state index in [-0.39, 0.29) is 31.3 Å². The highest BCUT2D eigenvalue weighted by molar-refractivity contribution is 6.50. The van der Waals surface area contributed by atoms with Crippen LogP contribution in [0.25, 0.3) is 0 Å². The van der Waals surface area contributed by atoms with Crippen molar-refractivity contribution >= 4 is 30.7 Å². The molecule has 2 aromatic rings. The lowest BCUT2D eigenvalue weighted by Crippen LogP contribution is -2.59. The Balaban J connectivity index is 1.77. The Morgan fingerprint density at radius 2 is 1.38 bits per heavy atom. The van der Waals surface area contributed by atoms with Gasteiger partial charge in [0.05, 0.1) is 6.04 Å². The van der Waals surface area contributed by atoms with E-state index in [9.17, 15) is 29.2 Å². The molecule has 13 heteroatoms. The van der Waals surface area contributed by atoms with Crippen LogP contribution in [0.15, 0.2) is 72.2 Å². The second kappa shape index (κ2) is 19.7. The molecule has 3 rings (SSSR count). The van der Waals surface area contributed by atoms with Crippen LogP contribution in [0, 0.1) is 5.92 Å². The molecule has 0 saturated heterocycles. The van der Waals surface area contributed by atoms with Gasteiger partial charge in [-0.3, -0.25) is 19.2 Å². The van der Waals surface area contributed by atoms with Crippen LogP contribution in [-0.2, 0) is 32.0 Å². The fourth-order valence-electron chi connectivity index (χ4n) is 5.64. The highest BCUT2D eigenvalue weighted by Gasteiger charge is 2.33.